The first-order valence-corrected chi connectivity index (χ1v) is 6.74. The summed E-state index contributed by atoms with van der Waals surface area (Å²) >= 11 is 0. The van der Waals surface area contributed by atoms with Gasteiger partial charge in [0.2, 0.25) is 0 Å². The van der Waals surface area contributed by atoms with Crippen LogP contribution >= 0.6 is 0 Å². The number of carbonyl (C=O) groups excluding carboxylic acids is 1. The second-order valence-corrected chi connectivity index (χ2v) is 5.62. The van der Waals surface area contributed by atoms with Gasteiger partial charge in [-0.15, -0.1) is 0 Å². The van der Waals surface area contributed by atoms with Crippen molar-refractivity contribution in [1.29, 1.82) is 0 Å². The largest absolute Gasteiger partial charge is 0.465 e. The number of benzene rings is 1. The maximum Gasteiger partial charge on any atom is 0.340 e. The number of nitrogens with two attached hydrogens (primary N) is 1. The molecule has 2 rings (SSSR count). The lowest BCUT2D eigenvalue weighted by Gasteiger charge is -2.37. The number of esters is 1. The van der Waals surface area contributed by atoms with E-state index in [1.54, 1.807) is 6.07 Å². The van der Waals surface area contributed by atoms with Gasteiger partial charge in [0.25, 0.3) is 0 Å². The van der Waals surface area contributed by atoms with Crippen LogP contribution in [-0.2, 0) is 4.74 Å². The highest BCUT2D eigenvalue weighted by Gasteiger charge is 2.25. The van der Waals surface area contributed by atoms with Crippen LogP contribution in [0.4, 0.5) is 11.4 Å². The van der Waals surface area contributed by atoms with Gasteiger partial charge in [-0.05, 0) is 36.5 Å². The number of piperidine rings is 1. The van der Waals surface area contributed by atoms with E-state index in [0.29, 0.717) is 23.1 Å². The lowest BCUT2D eigenvalue weighted by atomic mass is 9.91. The molecule has 1 fully saturated rings. The van der Waals surface area contributed by atoms with E-state index in [1.165, 1.54) is 13.5 Å². The monoisotopic (exact) mass is 262 g/mol. The van der Waals surface area contributed by atoms with Crippen molar-refractivity contribution in [3.8, 4) is 0 Å². The third kappa shape index (κ3) is 3.00. The summed E-state index contributed by atoms with van der Waals surface area (Å²) in [7, 11) is 1.40. The highest BCUT2D eigenvalue weighted by molar-refractivity contribution is 5.97. The predicted octanol–water partition coefficient (Wildman–Crippen LogP) is 2.54. The topological polar surface area (TPSA) is 55.6 Å². The number of nitrogen functional groups attached to an aromatic ring is 1. The minimum Gasteiger partial charge on any atom is -0.465 e. The molecule has 1 saturated heterocycles. The fraction of sp³-hybridized carbons (Fsp3) is 0.533. The standard InChI is InChI=1S/C15H22N2O2/c1-10-6-11(2)9-17(8-10)14-5-4-12(16)7-13(14)15(18)19-3/h4-5,7,10-11H,6,8-9,16H2,1-3H3/t10-,11-/m1/s1. The van der Waals surface area contributed by atoms with Crippen molar-refractivity contribution >= 4 is 17.3 Å². The Kier molecular flexibility index (Phi) is 3.98. The van der Waals surface area contributed by atoms with Gasteiger partial charge in [0.15, 0.2) is 0 Å². The van der Waals surface area contributed by atoms with Crippen LogP contribution in [0.3, 0.4) is 0 Å². The van der Waals surface area contributed by atoms with E-state index >= 15 is 0 Å². The zero-order valence-corrected chi connectivity index (χ0v) is 11.8. The van der Waals surface area contributed by atoms with Crippen LogP contribution in [0.15, 0.2) is 18.2 Å². The number of hydrogen-bond acceptors (Lipinski definition) is 4. The molecule has 0 bridgehead atoms. The molecule has 0 aliphatic carbocycles. The van der Waals surface area contributed by atoms with Gasteiger partial charge in [0.05, 0.1) is 18.4 Å². The molecule has 1 heterocycles. The summed E-state index contributed by atoms with van der Waals surface area (Å²) in [6.45, 7) is 6.44. The highest BCUT2D eigenvalue weighted by atomic mass is 16.5. The number of carbonyl (C=O) groups is 1. The number of hydrogen-bond donors (Lipinski definition) is 1. The van der Waals surface area contributed by atoms with Gasteiger partial charge < -0.3 is 15.4 Å². The Morgan fingerprint density at radius 1 is 1.32 bits per heavy atom. The Hall–Kier alpha value is -1.71. The molecule has 4 heteroatoms. The fourth-order valence-electron chi connectivity index (χ4n) is 2.96. The number of rotatable bonds is 2. The Morgan fingerprint density at radius 3 is 2.53 bits per heavy atom. The fourth-order valence-corrected chi connectivity index (χ4v) is 2.96. The van der Waals surface area contributed by atoms with Crippen LogP contribution in [0.2, 0.25) is 0 Å². The maximum atomic E-state index is 11.9. The van der Waals surface area contributed by atoms with Crippen LogP contribution < -0.4 is 10.6 Å². The average molecular weight is 262 g/mol. The normalized spacial score (nSPS) is 23.2. The molecule has 2 N–H and O–H groups in total. The molecule has 19 heavy (non-hydrogen) atoms. The third-order valence-electron chi connectivity index (χ3n) is 3.64. The summed E-state index contributed by atoms with van der Waals surface area (Å²) in [6, 6.07) is 5.46. The van der Waals surface area contributed by atoms with Gasteiger partial charge in [-0.1, -0.05) is 13.8 Å². The summed E-state index contributed by atoms with van der Waals surface area (Å²) in [4.78, 5) is 14.2. The Bertz CT molecular complexity index is 463. The molecule has 0 aromatic heterocycles. The van der Waals surface area contributed by atoms with E-state index in [4.69, 9.17) is 10.5 Å². The second kappa shape index (κ2) is 5.51. The first-order valence-electron chi connectivity index (χ1n) is 6.74. The van der Waals surface area contributed by atoms with Crippen molar-refractivity contribution in [2.45, 2.75) is 20.3 Å². The predicted molar refractivity (Wildman–Crippen MR) is 77.4 cm³/mol. The van der Waals surface area contributed by atoms with Crippen molar-refractivity contribution in [2.24, 2.45) is 11.8 Å². The van der Waals surface area contributed by atoms with Crippen LogP contribution in [-0.4, -0.2) is 26.2 Å². The number of methoxy groups -OCH3 is 1. The SMILES string of the molecule is COC(=O)c1cc(N)ccc1N1C[C@H](C)C[C@@H](C)C1. The van der Waals surface area contributed by atoms with Crippen LogP contribution in [0.25, 0.3) is 0 Å². The number of anilines is 2. The molecular formula is C15H22N2O2. The second-order valence-electron chi connectivity index (χ2n) is 5.62. The molecule has 1 aromatic carbocycles. The summed E-state index contributed by atoms with van der Waals surface area (Å²) < 4.78 is 4.86. The van der Waals surface area contributed by atoms with Crippen LogP contribution in [0.5, 0.6) is 0 Å². The molecule has 0 saturated carbocycles. The molecule has 1 aliphatic heterocycles. The first kappa shape index (κ1) is 13.7. The minimum absolute atomic E-state index is 0.326. The molecule has 4 nitrogen and oxygen atoms in total. The lowest BCUT2D eigenvalue weighted by Crippen LogP contribution is -2.39. The quantitative estimate of drug-likeness (QED) is 0.657. The van der Waals surface area contributed by atoms with Crippen LogP contribution in [0.1, 0.15) is 30.6 Å². The van der Waals surface area contributed by atoms with Gasteiger partial charge in [-0.3, -0.25) is 0 Å². The van der Waals surface area contributed by atoms with Crippen molar-refractivity contribution in [3.63, 3.8) is 0 Å². The van der Waals surface area contributed by atoms with Crippen molar-refractivity contribution < 1.29 is 9.53 Å². The molecule has 0 radical (unpaired) electrons. The number of ether oxygens (including phenoxy) is 1. The van der Waals surface area contributed by atoms with E-state index in [2.05, 4.69) is 18.7 Å². The van der Waals surface area contributed by atoms with Gasteiger partial charge >= 0.3 is 5.97 Å². The zero-order valence-electron chi connectivity index (χ0n) is 11.8. The minimum atomic E-state index is -0.326. The van der Waals surface area contributed by atoms with E-state index in [-0.39, 0.29) is 5.97 Å². The summed E-state index contributed by atoms with van der Waals surface area (Å²) in [5, 5.41) is 0. The Balaban J connectivity index is 2.35. The van der Waals surface area contributed by atoms with Gasteiger partial charge in [-0.2, -0.15) is 0 Å². The van der Waals surface area contributed by atoms with Gasteiger partial charge in [0, 0.05) is 18.8 Å². The van der Waals surface area contributed by atoms with E-state index < -0.39 is 0 Å². The molecular weight excluding hydrogens is 240 g/mol. The molecule has 0 amide bonds. The first-order chi connectivity index (χ1) is 9.01. The van der Waals surface area contributed by atoms with E-state index in [0.717, 1.165) is 18.8 Å². The molecule has 104 valence electrons. The zero-order chi connectivity index (χ0) is 14.0. The summed E-state index contributed by atoms with van der Waals surface area (Å²) in [6.07, 6.45) is 1.24. The summed E-state index contributed by atoms with van der Waals surface area (Å²) in [5.74, 6) is 0.937. The van der Waals surface area contributed by atoms with E-state index in [1.807, 2.05) is 12.1 Å². The molecule has 1 aliphatic rings. The molecule has 0 spiro atoms. The molecule has 1 aromatic rings. The average Bonchev–Trinajstić information content (AvgIpc) is 2.36. The van der Waals surface area contributed by atoms with Crippen molar-refractivity contribution in [3.05, 3.63) is 23.8 Å². The number of nitrogens with zero attached hydrogens (tertiary/aromatic N) is 1. The van der Waals surface area contributed by atoms with Gasteiger partial charge in [0.1, 0.15) is 0 Å². The van der Waals surface area contributed by atoms with Gasteiger partial charge in [-0.25, -0.2) is 4.79 Å². The van der Waals surface area contributed by atoms with Crippen molar-refractivity contribution in [2.75, 3.05) is 30.8 Å². The molecule has 2 atom stereocenters. The third-order valence-corrected chi connectivity index (χ3v) is 3.64. The summed E-state index contributed by atoms with van der Waals surface area (Å²) in [5.41, 5.74) is 7.85. The van der Waals surface area contributed by atoms with E-state index in [9.17, 15) is 4.79 Å². The molecule has 0 unspecified atom stereocenters. The van der Waals surface area contributed by atoms with Crippen molar-refractivity contribution in [1.82, 2.24) is 0 Å². The maximum absolute atomic E-state index is 11.9. The highest BCUT2D eigenvalue weighted by Crippen LogP contribution is 2.30. The smallest absolute Gasteiger partial charge is 0.340 e. The Morgan fingerprint density at radius 2 is 1.95 bits per heavy atom. The lowest BCUT2D eigenvalue weighted by molar-refractivity contribution is 0.0601. The van der Waals surface area contributed by atoms with Crippen LogP contribution in [0, 0.1) is 11.8 Å². The Labute approximate surface area is 114 Å².